The van der Waals surface area contributed by atoms with Crippen LogP contribution in [0.25, 0.3) is 11.0 Å². The van der Waals surface area contributed by atoms with Crippen LogP contribution >= 0.6 is 0 Å². The first-order chi connectivity index (χ1) is 11.9. The van der Waals surface area contributed by atoms with Gasteiger partial charge < -0.3 is 9.64 Å². The topological polar surface area (TPSA) is 84.0 Å². The maximum atomic E-state index is 12.8. The molecule has 0 saturated heterocycles. The highest BCUT2D eigenvalue weighted by molar-refractivity contribution is 5.97. The van der Waals surface area contributed by atoms with Crippen molar-refractivity contribution in [3.8, 4) is 5.75 Å². The van der Waals surface area contributed by atoms with E-state index in [0.29, 0.717) is 17.8 Å². The minimum absolute atomic E-state index is 0.115. The van der Waals surface area contributed by atoms with Gasteiger partial charge in [0.25, 0.3) is 5.91 Å². The molecule has 7 heteroatoms. The van der Waals surface area contributed by atoms with Gasteiger partial charge in [0.15, 0.2) is 5.65 Å². The number of methoxy groups -OCH3 is 1. The predicted molar refractivity (Wildman–Crippen MR) is 94.7 cm³/mol. The van der Waals surface area contributed by atoms with Crippen LogP contribution in [0.5, 0.6) is 5.75 Å². The lowest BCUT2D eigenvalue weighted by Crippen LogP contribution is -2.27. The lowest BCUT2D eigenvalue weighted by atomic mass is 10.1. The van der Waals surface area contributed by atoms with Gasteiger partial charge >= 0.3 is 0 Å². The Bertz CT molecular complexity index is 948. The Kier molecular flexibility index (Phi) is 4.39. The molecule has 0 aliphatic carbocycles. The number of carbonyl (C=O) groups is 1. The maximum Gasteiger partial charge on any atom is 0.255 e. The largest absolute Gasteiger partial charge is 0.496 e. The summed E-state index contributed by atoms with van der Waals surface area (Å²) in [4.78, 5) is 23.1. The van der Waals surface area contributed by atoms with Crippen LogP contribution in [0.4, 0.5) is 0 Å². The van der Waals surface area contributed by atoms with Crippen molar-refractivity contribution in [2.24, 2.45) is 0 Å². The number of ether oxygens (including phenoxy) is 1. The normalized spacial score (nSPS) is 10.9. The molecule has 3 aromatic rings. The first-order valence-corrected chi connectivity index (χ1v) is 7.97. The number of H-pyrrole nitrogens is 1. The van der Waals surface area contributed by atoms with Crippen LogP contribution in [0.2, 0.25) is 0 Å². The first kappa shape index (κ1) is 16.9. The van der Waals surface area contributed by atoms with E-state index in [1.54, 1.807) is 31.5 Å². The zero-order valence-electron chi connectivity index (χ0n) is 15.0. The van der Waals surface area contributed by atoms with E-state index < -0.39 is 0 Å². The molecule has 130 valence electrons. The molecule has 0 bridgehead atoms. The highest BCUT2D eigenvalue weighted by atomic mass is 16.5. The van der Waals surface area contributed by atoms with Gasteiger partial charge in [0.05, 0.1) is 24.9 Å². The van der Waals surface area contributed by atoms with Crippen molar-refractivity contribution in [2.75, 3.05) is 14.2 Å². The summed E-state index contributed by atoms with van der Waals surface area (Å²) in [5, 5.41) is 7.81. The van der Waals surface area contributed by atoms with Crippen molar-refractivity contribution in [1.82, 2.24) is 25.1 Å². The number of aromatic amines is 1. The number of rotatable bonds is 4. The Balaban J connectivity index is 1.86. The van der Waals surface area contributed by atoms with Crippen molar-refractivity contribution in [3.63, 3.8) is 0 Å². The van der Waals surface area contributed by atoms with E-state index in [1.807, 2.05) is 26.8 Å². The van der Waals surface area contributed by atoms with Gasteiger partial charge in [0, 0.05) is 41.6 Å². The molecule has 25 heavy (non-hydrogen) atoms. The summed E-state index contributed by atoms with van der Waals surface area (Å²) in [5.41, 5.74) is 4.75. The molecular formula is C18H21N5O2. The fourth-order valence-electron chi connectivity index (χ4n) is 2.88. The van der Waals surface area contributed by atoms with Crippen LogP contribution in [0, 0.1) is 20.8 Å². The molecule has 3 aromatic heterocycles. The van der Waals surface area contributed by atoms with Gasteiger partial charge in [-0.15, -0.1) is 0 Å². The summed E-state index contributed by atoms with van der Waals surface area (Å²) >= 11 is 0. The standard InChI is InChI=1S/C18H21N5O2/c1-10-7-19-15(11(2)16(10)25-5)9-23(4)18(24)13-6-14-12(3)21-22-17(14)20-8-13/h6-8H,9H2,1-5H3,(H,20,21,22). The second-order valence-corrected chi connectivity index (χ2v) is 6.15. The van der Waals surface area contributed by atoms with E-state index in [0.717, 1.165) is 33.7 Å². The van der Waals surface area contributed by atoms with Gasteiger partial charge in [-0.05, 0) is 26.8 Å². The number of pyridine rings is 2. The molecule has 3 rings (SSSR count). The fourth-order valence-corrected chi connectivity index (χ4v) is 2.88. The number of nitrogens with one attached hydrogen (secondary N) is 1. The summed E-state index contributed by atoms with van der Waals surface area (Å²) < 4.78 is 5.43. The Morgan fingerprint density at radius 2 is 2.00 bits per heavy atom. The average Bonchev–Trinajstić information content (AvgIpc) is 2.97. The monoisotopic (exact) mass is 339 g/mol. The van der Waals surface area contributed by atoms with Gasteiger partial charge in [0.2, 0.25) is 0 Å². The smallest absolute Gasteiger partial charge is 0.255 e. The van der Waals surface area contributed by atoms with Gasteiger partial charge in [-0.2, -0.15) is 5.10 Å². The minimum atomic E-state index is -0.115. The molecule has 0 unspecified atom stereocenters. The summed E-state index contributed by atoms with van der Waals surface area (Å²) in [6.07, 6.45) is 3.32. The van der Waals surface area contributed by atoms with Crippen LogP contribution in [0.1, 0.15) is 32.9 Å². The Labute approximate surface area is 146 Å². The number of hydrogen-bond donors (Lipinski definition) is 1. The summed E-state index contributed by atoms with van der Waals surface area (Å²) in [5.74, 6) is 0.693. The molecular weight excluding hydrogens is 318 g/mol. The molecule has 0 fully saturated rings. The van der Waals surface area contributed by atoms with E-state index >= 15 is 0 Å². The van der Waals surface area contributed by atoms with Crippen LogP contribution in [0.3, 0.4) is 0 Å². The molecule has 1 amide bonds. The average molecular weight is 339 g/mol. The maximum absolute atomic E-state index is 12.8. The van der Waals surface area contributed by atoms with Crippen molar-refractivity contribution in [1.29, 1.82) is 0 Å². The number of aromatic nitrogens is 4. The summed E-state index contributed by atoms with van der Waals surface area (Å²) in [7, 11) is 3.39. The third kappa shape index (κ3) is 3.05. The number of hydrogen-bond acceptors (Lipinski definition) is 5. The van der Waals surface area contributed by atoms with Crippen molar-refractivity contribution in [2.45, 2.75) is 27.3 Å². The molecule has 3 heterocycles. The van der Waals surface area contributed by atoms with E-state index in [4.69, 9.17) is 4.74 Å². The van der Waals surface area contributed by atoms with E-state index in [9.17, 15) is 4.79 Å². The molecule has 0 saturated carbocycles. The minimum Gasteiger partial charge on any atom is -0.496 e. The van der Waals surface area contributed by atoms with E-state index in [2.05, 4.69) is 20.2 Å². The second kappa shape index (κ2) is 6.51. The molecule has 0 radical (unpaired) electrons. The van der Waals surface area contributed by atoms with Gasteiger partial charge in [-0.3, -0.25) is 14.9 Å². The number of carbonyl (C=O) groups excluding carboxylic acids is 1. The second-order valence-electron chi connectivity index (χ2n) is 6.15. The molecule has 0 spiro atoms. The first-order valence-electron chi connectivity index (χ1n) is 7.97. The molecule has 1 N–H and O–H groups in total. The molecule has 0 aromatic carbocycles. The summed E-state index contributed by atoms with van der Waals surface area (Å²) in [6.45, 7) is 6.20. The van der Waals surface area contributed by atoms with Gasteiger partial charge in [0.1, 0.15) is 5.75 Å². The Morgan fingerprint density at radius 3 is 2.72 bits per heavy atom. The van der Waals surface area contributed by atoms with Crippen LogP contribution in [0.15, 0.2) is 18.5 Å². The zero-order valence-corrected chi connectivity index (χ0v) is 15.0. The third-order valence-electron chi connectivity index (χ3n) is 4.33. The van der Waals surface area contributed by atoms with E-state index in [1.165, 1.54) is 0 Å². The van der Waals surface area contributed by atoms with Crippen LogP contribution in [-0.2, 0) is 6.54 Å². The molecule has 0 aliphatic heterocycles. The SMILES string of the molecule is COc1c(C)cnc(CN(C)C(=O)c2cnc3n[nH]c(C)c3c2)c1C. The Hall–Kier alpha value is -2.96. The molecule has 0 aliphatic rings. The third-order valence-corrected chi connectivity index (χ3v) is 4.33. The summed E-state index contributed by atoms with van der Waals surface area (Å²) in [6, 6.07) is 1.82. The van der Waals surface area contributed by atoms with E-state index in [-0.39, 0.29) is 5.91 Å². The predicted octanol–water partition coefficient (Wildman–Crippen LogP) is 2.56. The quantitative estimate of drug-likeness (QED) is 0.790. The lowest BCUT2D eigenvalue weighted by molar-refractivity contribution is 0.0783. The molecule has 7 nitrogen and oxygen atoms in total. The molecule has 0 atom stereocenters. The number of nitrogens with zero attached hydrogens (tertiary/aromatic N) is 4. The number of amides is 1. The van der Waals surface area contributed by atoms with Crippen molar-refractivity contribution in [3.05, 3.63) is 46.5 Å². The zero-order chi connectivity index (χ0) is 18.1. The van der Waals surface area contributed by atoms with Crippen LogP contribution in [-0.4, -0.2) is 45.1 Å². The Morgan fingerprint density at radius 1 is 1.24 bits per heavy atom. The highest BCUT2D eigenvalue weighted by Gasteiger charge is 2.17. The number of fused-ring (bicyclic) bond motifs is 1. The van der Waals surface area contributed by atoms with Crippen LogP contribution < -0.4 is 4.74 Å². The van der Waals surface area contributed by atoms with Crippen molar-refractivity contribution < 1.29 is 9.53 Å². The van der Waals surface area contributed by atoms with Gasteiger partial charge in [-0.25, -0.2) is 4.98 Å². The lowest BCUT2D eigenvalue weighted by Gasteiger charge is -2.19. The van der Waals surface area contributed by atoms with Gasteiger partial charge in [-0.1, -0.05) is 0 Å². The highest BCUT2D eigenvalue weighted by Crippen LogP contribution is 2.25. The van der Waals surface area contributed by atoms with Crippen molar-refractivity contribution >= 4 is 16.9 Å². The number of aryl methyl sites for hydroxylation is 2. The fraction of sp³-hybridized carbons (Fsp3) is 0.333.